The number of hydrogen-bond donors (Lipinski definition) is 1. The lowest BCUT2D eigenvalue weighted by Gasteiger charge is -2.05. The van der Waals surface area contributed by atoms with Gasteiger partial charge in [0.25, 0.3) is 0 Å². The van der Waals surface area contributed by atoms with Gasteiger partial charge < -0.3 is 9.84 Å². The summed E-state index contributed by atoms with van der Waals surface area (Å²) in [5, 5.41) is 8.51. The number of carbonyl (C=O) groups is 1. The van der Waals surface area contributed by atoms with Crippen molar-refractivity contribution in [1.82, 2.24) is 0 Å². The van der Waals surface area contributed by atoms with Crippen molar-refractivity contribution in [1.29, 1.82) is 0 Å². The number of ether oxygens (including phenoxy) is 1. The van der Waals surface area contributed by atoms with E-state index in [1.807, 2.05) is 0 Å². The van der Waals surface area contributed by atoms with E-state index in [4.69, 9.17) is 9.84 Å². The molecule has 1 rings (SSSR count). The first kappa shape index (κ1) is 6.29. The number of aliphatic hydroxyl groups excluding tert-OH is 1. The van der Waals surface area contributed by atoms with E-state index in [9.17, 15) is 4.79 Å². The van der Waals surface area contributed by atoms with Gasteiger partial charge in [-0.05, 0) is 6.08 Å². The summed E-state index contributed by atoms with van der Waals surface area (Å²) in [6, 6.07) is 0. The zero-order valence-corrected chi connectivity index (χ0v) is 4.91. The van der Waals surface area contributed by atoms with E-state index in [1.54, 1.807) is 6.08 Å². The molecular weight excluding hydrogens is 120 g/mol. The smallest absolute Gasteiger partial charge is 0.184 e. The third-order valence-electron chi connectivity index (χ3n) is 1.20. The summed E-state index contributed by atoms with van der Waals surface area (Å²) in [5.74, 6) is 0.342. The molecule has 0 aromatic heterocycles. The molecule has 0 aliphatic carbocycles. The zero-order valence-electron chi connectivity index (χ0n) is 4.91. The van der Waals surface area contributed by atoms with Crippen LogP contribution in [0.5, 0.6) is 0 Å². The molecule has 0 saturated heterocycles. The molecule has 0 saturated carbocycles. The van der Waals surface area contributed by atoms with Crippen LogP contribution in [0.3, 0.4) is 0 Å². The largest absolute Gasteiger partial charge is 0.485 e. The highest BCUT2D eigenvalue weighted by Crippen LogP contribution is 2.13. The van der Waals surface area contributed by atoms with Crippen LogP contribution in [0.2, 0.25) is 0 Å². The third kappa shape index (κ3) is 1.29. The van der Waals surface area contributed by atoms with E-state index in [1.165, 1.54) is 0 Å². The summed E-state index contributed by atoms with van der Waals surface area (Å²) in [6.07, 6.45) is 2.78. The van der Waals surface area contributed by atoms with Gasteiger partial charge in [0.15, 0.2) is 12.0 Å². The van der Waals surface area contributed by atoms with Crippen LogP contribution < -0.4 is 0 Å². The van der Waals surface area contributed by atoms with Crippen molar-refractivity contribution in [2.45, 2.75) is 12.5 Å². The van der Waals surface area contributed by atoms with Crippen molar-refractivity contribution >= 4 is 6.29 Å². The molecule has 9 heavy (non-hydrogen) atoms. The molecule has 1 heterocycles. The second-order valence-corrected chi connectivity index (χ2v) is 1.88. The van der Waals surface area contributed by atoms with E-state index in [2.05, 4.69) is 0 Å². The summed E-state index contributed by atoms with van der Waals surface area (Å²) < 4.78 is 4.90. The Morgan fingerprint density at radius 1 is 2.00 bits per heavy atom. The second kappa shape index (κ2) is 2.64. The van der Waals surface area contributed by atoms with Gasteiger partial charge in [0, 0.05) is 6.42 Å². The predicted octanol–water partition coefficient (Wildman–Crippen LogP) is -0.150. The fraction of sp³-hybridized carbons (Fsp3) is 0.500. The molecule has 1 N–H and O–H groups in total. The zero-order chi connectivity index (χ0) is 6.69. The Labute approximate surface area is 52.9 Å². The number of aliphatic hydroxyl groups is 1. The first-order chi connectivity index (χ1) is 4.36. The predicted molar refractivity (Wildman–Crippen MR) is 30.7 cm³/mol. The molecule has 0 fully saturated rings. The van der Waals surface area contributed by atoms with Crippen LogP contribution in [-0.2, 0) is 9.53 Å². The van der Waals surface area contributed by atoms with Crippen molar-refractivity contribution in [3.05, 3.63) is 11.8 Å². The van der Waals surface area contributed by atoms with E-state index < -0.39 is 0 Å². The van der Waals surface area contributed by atoms with E-state index in [-0.39, 0.29) is 12.7 Å². The first-order valence-corrected chi connectivity index (χ1v) is 2.79. The average Bonchev–Trinajstić information content (AvgIpc) is 2.34. The molecule has 0 aromatic rings. The standard InChI is InChI=1S/C6H8O3/c7-3-5-1-2-6(4-8)9-5/h1,3,6,8H,2,4H2. The van der Waals surface area contributed by atoms with Gasteiger partial charge in [0.2, 0.25) is 0 Å². The Balaban J connectivity index is 2.39. The minimum atomic E-state index is -0.190. The fourth-order valence-electron chi connectivity index (χ4n) is 0.724. The molecule has 0 radical (unpaired) electrons. The summed E-state index contributed by atoms with van der Waals surface area (Å²) in [7, 11) is 0. The van der Waals surface area contributed by atoms with Gasteiger partial charge in [0.1, 0.15) is 6.10 Å². The Hall–Kier alpha value is -0.830. The topological polar surface area (TPSA) is 46.5 Å². The van der Waals surface area contributed by atoms with Crippen molar-refractivity contribution in [3.8, 4) is 0 Å². The maximum atomic E-state index is 9.99. The Morgan fingerprint density at radius 3 is 3.11 bits per heavy atom. The normalized spacial score (nSPS) is 25.0. The van der Waals surface area contributed by atoms with Crippen LogP contribution in [0.25, 0.3) is 0 Å². The number of allylic oxidation sites excluding steroid dienone is 1. The van der Waals surface area contributed by atoms with Crippen LogP contribution >= 0.6 is 0 Å². The molecule has 3 heteroatoms. The molecular formula is C6H8O3. The van der Waals surface area contributed by atoms with Crippen LogP contribution in [0, 0.1) is 0 Å². The maximum absolute atomic E-state index is 9.99. The van der Waals surface area contributed by atoms with Gasteiger partial charge in [-0.25, -0.2) is 0 Å². The summed E-state index contributed by atoms with van der Waals surface area (Å²) in [4.78, 5) is 9.99. The Bertz CT molecular complexity index is 139. The van der Waals surface area contributed by atoms with Gasteiger partial charge in [-0.3, -0.25) is 4.79 Å². The van der Waals surface area contributed by atoms with Gasteiger partial charge >= 0.3 is 0 Å². The van der Waals surface area contributed by atoms with Gasteiger partial charge in [-0.1, -0.05) is 0 Å². The summed E-state index contributed by atoms with van der Waals surface area (Å²) >= 11 is 0. The first-order valence-electron chi connectivity index (χ1n) is 2.79. The average molecular weight is 128 g/mol. The second-order valence-electron chi connectivity index (χ2n) is 1.88. The molecule has 1 aliphatic rings. The molecule has 50 valence electrons. The summed E-state index contributed by atoms with van der Waals surface area (Å²) in [5.41, 5.74) is 0. The SMILES string of the molecule is O=CC1=CCC(CO)O1. The molecule has 1 aliphatic heterocycles. The molecule has 1 atom stereocenters. The summed E-state index contributed by atoms with van der Waals surface area (Å²) in [6.45, 7) is -0.0200. The van der Waals surface area contributed by atoms with Crippen molar-refractivity contribution in [2.24, 2.45) is 0 Å². The quantitative estimate of drug-likeness (QED) is 0.526. The number of rotatable bonds is 2. The molecule has 0 spiro atoms. The van der Waals surface area contributed by atoms with Gasteiger partial charge in [-0.15, -0.1) is 0 Å². The van der Waals surface area contributed by atoms with Crippen molar-refractivity contribution in [3.63, 3.8) is 0 Å². The molecule has 3 nitrogen and oxygen atoms in total. The number of aldehydes is 1. The highest BCUT2D eigenvalue weighted by atomic mass is 16.5. The Kier molecular flexibility index (Phi) is 1.85. The van der Waals surface area contributed by atoms with Crippen LogP contribution in [-0.4, -0.2) is 24.1 Å². The lowest BCUT2D eigenvalue weighted by Crippen LogP contribution is -2.11. The van der Waals surface area contributed by atoms with E-state index >= 15 is 0 Å². The molecule has 0 amide bonds. The lowest BCUT2D eigenvalue weighted by molar-refractivity contribution is -0.108. The minimum absolute atomic E-state index is 0.0200. The molecule has 0 aromatic carbocycles. The van der Waals surface area contributed by atoms with E-state index in [0.717, 1.165) is 0 Å². The van der Waals surface area contributed by atoms with Gasteiger partial charge in [-0.2, -0.15) is 0 Å². The van der Waals surface area contributed by atoms with Crippen LogP contribution in [0.4, 0.5) is 0 Å². The third-order valence-corrected chi connectivity index (χ3v) is 1.20. The van der Waals surface area contributed by atoms with Crippen molar-refractivity contribution < 1.29 is 14.6 Å². The lowest BCUT2D eigenvalue weighted by atomic mass is 10.3. The molecule has 1 unspecified atom stereocenters. The number of carbonyl (C=O) groups excluding carboxylic acids is 1. The van der Waals surface area contributed by atoms with Crippen LogP contribution in [0.1, 0.15) is 6.42 Å². The van der Waals surface area contributed by atoms with Gasteiger partial charge in [0.05, 0.1) is 6.61 Å². The van der Waals surface area contributed by atoms with E-state index in [0.29, 0.717) is 18.5 Å². The Morgan fingerprint density at radius 2 is 2.78 bits per heavy atom. The fourth-order valence-corrected chi connectivity index (χ4v) is 0.724. The highest BCUT2D eigenvalue weighted by Gasteiger charge is 2.15. The number of hydrogen-bond acceptors (Lipinski definition) is 3. The highest BCUT2D eigenvalue weighted by molar-refractivity contribution is 5.70. The molecule has 0 bridgehead atoms. The van der Waals surface area contributed by atoms with Crippen molar-refractivity contribution in [2.75, 3.05) is 6.61 Å². The minimum Gasteiger partial charge on any atom is -0.485 e. The monoisotopic (exact) mass is 128 g/mol. The maximum Gasteiger partial charge on any atom is 0.184 e. The van der Waals surface area contributed by atoms with Crippen LogP contribution in [0.15, 0.2) is 11.8 Å².